The molecular weight excluding hydrogens is 216 g/mol. The van der Waals surface area contributed by atoms with E-state index in [1.165, 1.54) is 50.1 Å². The van der Waals surface area contributed by atoms with Gasteiger partial charge < -0.3 is 16.4 Å². The maximum absolute atomic E-state index is 5.57. The number of anilines is 2. The zero-order valence-electron chi connectivity index (χ0n) is 10.2. The number of hydrogen-bond acceptors (Lipinski definition) is 5. The third kappa shape index (κ3) is 3.81. The molecule has 1 aliphatic heterocycles. The summed E-state index contributed by atoms with van der Waals surface area (Å²) in [6, 6.07) is 0. The number of nitrogens with one attached hydrogen (secondary N) is 1. The molecule has 0 aromatic carbocycles. The highest BCUT2D eigenvalue weighted by molar-refractivity contribution is 5.25. The van der Waals surface area contributed by atoms with Crippen LogP contribution in [-0.4, -0.2) is 28.0 Å². The predicted molar refractivity (Wildman–Crippen MR) is 66.1 cm³/mol. The molecule has 0 spiro atoms. The molecule has 94 valence electrons. The fourth-order valence-corrected chi connectivity index (χ4v) is 2.34. The number of quaternary nitrogens is 1. The van der Waals surface area contributed by atoms with Crippen molar-refractivity contribution in [2.75, 3.05) is 24.6 Å². The van der Waals surface area contributed by atoms with E-state index in [-0.39, 0.29) is 11.9 Å². The minimum absolute atomic E-state index is 0.221. The van der Waals surface area contributed by atoms with Gasteiger partial charge in [0.1, 0.15) is 6.54 Å². The Labute approximate surface area is 101 Å². The number of aromatic nitrogens is 3. The van der Waals surface area contributed by atoms with Gasteiger partial charge in [0.2, 0.25) is 11.9 Å². The lowest BCUT2D eigenvalue weighted by Gasteiger charge is -2.20. The largest absolute Gasteiger partial charge is 0.368 e. The van der Waals surface area contributed by atoms with Crippen LogP contribution in [-0.2, 0) is 6.54 Å². The number of nitrogens with zero attached hydrogens (tertiary/aromatic N) is 3. The maximum atomic E-state index is 5.57. The topological polar surface area (TPSA) is 95.1 Å². The van der Waals surface area contributed by atoms with E-state index in [0.717, 1.165) is 6.54 Å². The van der Waals surface area contributed by atoms with Crippen molar-refractivity contribution < 1.29 is 4.90 Å². The molecule has 2 heterocycles. The van der Waals surface area contributed by atoms with Crippen LogP contribution in [0.5, 0.6) is 0 Å². The van der Waals surface area contributed by atoms with Crippen LogP contribution in [0, 0.1) is 0 Å². The standard InChI is InChI=1S/C11H20N6/c12-10-14-9(15-11(13)16-10)8-17-6-4-2-1-3-5-7-17/h1-8H2,(H4,12,13,14,15,16)/p+1. The molecule has 2 rings (SSSR count). The summed E-state index contributed by atoms with van der Waals surface area (Å²) < 4.78 is 0. The second-order valence-corrected chi connectivity index (χ2v) is 4.66. The molecule has 6 heteroatoms. The number of likely N-dealkylation sites (tertiary alicyclic amines) is 1. The van der Waals surface area contributed by atoms with Gasteiger partial charge in [-0.15, -0.1) is 0 Å². The Morgan fingerprint density at radius 2 is 1.35 bits per heavy atom. The molecule has 0 unspecified atom stereocenters. The molecule has 6 nitrogen and oxygen atoms in total. The summed E-state index contributed by atoms with van der Waals surface area (Å²) in [5, 5.41) is 0. The summed E-state index contributed by atoms with van der Waals surface area (Å²) >= 11 is 0. The first kappa shape index (κ1) is 12.0. The van der Waals surface area contributed by atoms with Crippen LogP contribution in [0.25, 0.3) is 0 Å². The van der Waals surface area contributed by atoms with E-state index < -0.39 is 0 Å². The van der Waals surface area contributed by atoms with E-state index in [1.54, 1.807) is 0 Å². The van der Waals surface area contributed by atoms with Crippen LogP contribution in [0.1, 0.15) is 37.9 Å². The van der Waals surface area contributed by atoms with Crippen molar-refractivity contribution in [2.45, 2.75) is 38.6 Å². The van der Waals surface area contributed by atoms with Crippen molar-refractivity contribution in [3.63, 3.8) is 0 Å². The molecule has 1 aromatic heterocycles. The van der Waals surface area contributed by atoms with Gasteiger partial charge >= 0.3 is 0 Å². The Bertz CT molecular complexity index is 339. The number of nitrogen functional groups attached to an aromatic ring is 2. The van der Waals surface area contributed by atoms with E-state index in [0.29, 0.717) is 5.82 Å². The van der Waals surface area contributed by atoms with Crippen molar-refractivity contribution in [1.29, 1.82) is 0 Å². The lowest BCUT2D eigenvalue weighted by Crippen LogP contribution is -3.10. The second-order valence-electron chi connectivity index (χ2n) is 4.66. The Morgan fingerprint density at radius 3 is 1.94 bits per heavy atom. The summed E-state index contributed by atoms with van der Waals surface area (Å²) in [7, 11) is 0. The van der Waals surface area contributed by atoms with Crippen LogP contribution in [0.3, 0.4) is 0 Å². The summed E-state index contributed by atoms with van der Waals surface area (Å²) in [4.78, 5) is 13.6. The molecular formula is C11H21N6+. The van der Waals surface area contributed by atoms with Gasteiger partial charge in [-0.2, -0.15) is 15.0 Å². The highest BCUT2D eigenvalue weighted by atomic mass is 15.2. The van der Waals surface area contributed by atoms with Gasteiger partial charge in [-0.3, -0.25) is 0 Å². The molecule has 1 fully saturated rings. The molecule has 0 saturated carbocycles. The van der Waals surface area contributed by atoms with E-state index in [9.17, 15) is 0 Å². The Balaban J connectivity index is 1.97. The van der Waals surface area contributed by atoms with Crippen molar-refractivity contribution >= 4 is 11.9 Å². The van der Waals surface area contributed by atoms with Gasteiger partial charge in [0.05, 0.1) is 13.1 Å². The molecule has 17 heavy (non-hydrogen) atoms. The SMILES string of the molecule is Nc1nc(N)nc(C[NH+]2CCCCCCC2)n1. The lowest BCUT2D eigenvalue weighted by molar-refractivity contribution is -0.915. The molecule has 0 atom stereocenters. The molecule has 1 aromatic rings. The van der Waals surface area contributed by atoms with Gasteiger partial charge in [0.15, 0.2) is 5.82 Å². The summed E-state index contributed by atoms with van der Waals surface area (Å²) in [5.74, 6) is 1.16. The van der Waals surface area contributed by atoms with Crippen LogP contribution in [0.4, 0.5) is 11.9 Å². The minimum atomic E-state index is 0.221. The minimum Gasteiger partial charge on any atom is -0.368 e. The third-order valence-electron chi connectivity index (χ3n) is 3.19. The normalized spacial score (nSPS) is 18.6. The molecule has 0 bridgehead atoms. The zero-order chi connectivity index (χ0) is 12.1. The monoisotopic (exact) mass is 237 g/mol. The van der Waals surface area contributed by atoms with Crippen LogP contribution in [0.15, 0.2) is 0 Å². The number of nitrogens with two attached hydrogens (primary N) is 2. The highest BCUT2D eigenvalue weighted by Crippen LogP contribution is 2.03. The van der Waals surface area contributed by atoms with Gasteiger partial charge in [0, 0.05) is 0 Å². The number of rotatable bonds is 2. The fraction of sp³-hybridized carbons (Fsp3) is 0.727. The van der Waals surface area contributed by atoms with Crippen molar-refractivity contribution in [3.05, 3.63) is 5.82 Å². The van der Waals surface area contributed by atoms with Gasteiger partial charge in [-0.1, -0.05) is 6.42 Å². The first-order valence-electron chi connectivity index (χ1n) is 6.33. The fourth-order valence-electron chi connectivity index (χ4n) is 2.34. The average Bonchev–Trinajstić information content (AvgIpc) is 2.20. The van der Waals surface area contributed by atoms with Crippen LogP contribution in [0.2, 0.25) is 0 Å². The van der Waals surface area contributed by atoms with E-state index in [1.807, 2.05) is 0 Å². The van der Waals surface area contributed by atoms with Crippen molar-refractivity contribution in [1.82, 2.24) is 15.0 Å². The average molecular weight is 237 g/mol. The quantitative estimate of drug-likeness (QED) is 0.637. The van der Waals surface area contributed by atoms with E-state index >= 15 is 0 Å². The lowest BCUT2D eigenvalue weighted by atomic mass is 10.1. The smallest absolute Gasteiger partial charge is 0.225 e. The van der Waals surface area contributed by atoms with Gasteiger partial charge in [-0.05, 0) is 25.7 Å². The third-order valence-corrected chi connectivity index (χ3v) is 3.19. The van der Waals surface area contributed by atoms with E-state index in [4.69, 9.17) is 11.5 Å². The zero-order valence-corrected chi connectivity index (χ0v) is 10.2. The van der Waals surface area contributed by atoms with E-state index in [2.05, 4.69) is 15.0 Å². The molecule has 1 aliphatic rings. The summed E-state index contributed by atoms with van der Waals surface area (Å²) in [6.07, 6.45) is 6.62. The molecule has 0 amide bonds. The summed E-state index contributed by atoms with van der Waals surface area (Å²) in [6.45, 7) is 3.17. The Kier molecular flexibility index (Phi) is 4.08. The van der Waals surface area contributed by atoms with Gasteiger partial charge in [-0.25, -0.2) is 0 Å². The molecule has 5 N–H and O–H groups in total. The molecule has 0 radical (unpaired) electrons. The number of hydrogen-bond donors (Lipinski definition) is 3. The second kappa shape index (κ2) is 5.77. The highest BCUT2D eigenvalue weighted by Gasteiger charge is 2.14. The van der Waals surface area contributed by atoms with Crippen LogP contribution < -0.4 is 16.4 Å². The van der Waals surface area contributed by atoms with Gasteiger partial charge in [0.25, 0.3) is 0 Å². The Morgan fingerprint density at radius 1 is 0.824 bits per heavy atom. The van der Waals surface area contributed by atoms with Crippen molar-refractivity contribution in [3.8, 4) is 0 Å². The molecule has 0 aliphatic carbocycles. The van der Waals surface area contributed by atoms with Crippen LogP contribution >= 0.6 is 0 Å². The maximum Gasteiger partial charge on any atom is 0.225 e. The van der Waals surface area contributed by atoms with Crippen molar-refractivity contribution in [2.24, 2.45) is 0 Å². The molecule has 1 saturated heterocycles. The first-order valence-corrected chi connectivity index (χ1v) is 6.33. The Hall–Kier alpha value is -1.43. The predicted octanol–water partition coefficient (Wildman–Crippen LogP) is -0.615. The first-order chi connectivity index (χ1) is 8.24. The summed E-state index contributed by atoms with van der Waals surface area (Å²) in [5.41, 5.74) is 11.1.